The van der Waals surface area contributed by atoms with Crippen molar-refractivity contribution in [1.82, 2.24) is 5.01 Å². The van der Waals surface area contributed by atoms with Crippen LogP contribution in [-0.4, -0.2) is 29.1 Å². The van der Waals surface area contributed by atoms with Crippen LogP contribution in [0, 0.1) is 0 Å². The van der Waals surface area contributed by atoms with Crippen molar-refractivity contribution in [3.05, 3.63) is 74.6 Å². The number of nitrogens with zero attached hydrogens (tertiary/aromatic N) is 2. The molecule has 3 aromatic rings. The first kappa shape index (κ1) is 18.4. The molecule has 2 aromatic heterocycles. The lowest BCUT2D eigenvalue weighted by molar-refractivity contribution is -0.135. The Labute approximate surface area is 169 Å². The molecule has 2 N–H and O–H groups in total. The maximum Gasteiger partial charge on any atom is 0.281 e. The summed E-state index contributed by atoms with van der Waals surface area (Å²) >= 11 is 3.20. The number of carbonyl (C=O) groups is 2. The summed E-state index contributed by atoms with van der Waals surface area (Å²) in [5, 5.41) is 10.1. The molecule has 0 aliphatic carbocycles. The quantitative estimate of drug-likeness (QED) is 0.672. The van der Waals surface area contributed by atoms with E-state index in [-0.39, 0.29) is 29.9 Å². The largest absolute Gasteiger partial charge is 0.483 e. The summed E-state index contributed by atoms with van der Waals surface area (Å²) in [6.45, 7) is -0.229. The normalized spacial score (nSPS) is 16.1. The van der Waals surface area contributed by atoms with Crippen molar-refractivity contribution in [3.63, 3.8) is 0 Å². The second kappa shape index (κ2) is 7.95. The van der Waals surface area contributed by atoms with Gasteiger partial charge in [0.15, 0.2) is 6.61 Å². The van der Waals surface area contributed by atoms with Crippen LogP contribution in [0.5, 0.6) is 5.75 Å². The van der Waals surface area contributed by atoms with Gasteiger partial charge in [0.1, 0.15) is 5.75 Å². The number of hydrazone groups is 1. The number of hydrogen-bond acceptors (Lipinski definition) is 6. The zero-order chi connectivity index (χ0) is 19.5. The fraction of sp³-hybridized carbons (Fsp3) is 0.150. The maximum atomic E-state index is 12.9. The highest BCUT2D eigenvalue weighted by molar-refractivity contribution is 7.12. The summed E-state index contributed by atoms with van der Waals surface area (Å²) in [5.74, 6) is -0.583. The number of hydrogen-bond donors (Lipinski definition) is 1. The van der Waals surface area contributed by atoms with E-state index in [1.165, 1.54) is 5.01 Å². The number of amides is 2. The zero-order valence-electron chi connectivity index (χ0n) is 14.8. The number of primary amides is 1. The lowest BCUT2D eigenvalue weighted by Crippen LogP contribution is -2.31. The first-order valence-electron chi connectivity index (χ1n) is 8.62. The van der Waals surface area contributed by atoms with Crippen LogP contribution >= 0.6 is 22.7 Å². The number of thiophene rings is 2. The van der Waals surface area contributed by atoms with Gasteiger partial charge in [0.25, 0.3) is 11.8 Å². The fourth-order valence-corrected chi connectivity index (χ4v) is 4.57. The van der Waals surface area contributed by atoms with E-state index in [0.717, 1.165) is 15.5 Å². The molecular formula is C20H17N3O3S2. The summed E-state index contributed by atoms with van der Waals surface area (Å²) < 4.78 is 5.61. The van der Waals surface area contributed by atoms with Gasteiger partial charge < -0.3 is 10.5 Å². The predicted octanol–water partition coefficient (Wildman–Crippen LogP) is 3.67. The van der Waals surface area contributed by atoms with E-state index in [0.29, 0.717) is 6.42 Å². The van der Waals surface area contributed by atoms with Crippen molar-refractivity contribution < 1.29 is 14.3 Å². The van der Waals surface area contributed by atoms with Crippen LogP contribution < -0.4 is 10.5 Å². The zero-order valence-corrected chi connectivity index (χ0v) is 16.4. The van der Waals surface area contributed by atoms with E-state index in [1.807, 2.05) is 35.0 Å². The van der Waals surface area contributed by atoms with Crippen LogP contribution in [-0.2, 0) is 4.79 Å². The molecular weight excluding hydrogens is 394 g/mol. The third kappa shape index (κ3) is 3.69. The monoisotopic (exact) mass is 411 g/mol. The second-order valence-electron chi connectivity index (χ2n) is 6.15. The minimum absolute atomic E-state index is 0.153. The van der Waals surface area contributed by atoms with Crippen molar-refractivity contribution in [2.24, 2.45) is 10.8 Å². The highest BCUT2D eigenvalue weighted by Gasteiger charge is 2.34. The van der Waals surface area contributed by atoms with Crippen LogP contribution in [0.3, 0.4) is 0 Å². The summed E-state index contributed by atoms with van der Waals surface area (Å²) in [5.41, 5.74) is 6.50. The fourth-order valence-electron chi connectivity index (χ4n) is 3.04. The van der Waals surface area contributed by atoms with Crippen LogP contribution in [0.25, 0.3) is 0 Å². The van der Waals surface area contributed by atoms with Gasteiger partial charge in [0.05, 0.1) is 22.2 Å². The molecule has 4 rings (SSSR count). The number of benzene rings is 1. The Morgan fingerprint density at radius 3 is 2.61 bits per heavy atom. The van der Waals surface area contributed by atoms with E-state index in [4.69, 9.17) is 10.5 Å². The van der Waals surface area contributed by atoms with Gasteiger partial charge in [-0.2, -0.15) is 5.10 Å². The number of carbonyl (C=O) groups excluding carboxylic acids is 2. The predicted molar refractivity (Wildman–Crippen MR) is 110 cm³/mol. The summed E-state index contributed by atoms with van der Waals surface area (Å²) in [6, 6.07) is 14.4. The van der Waals surface area contributed by atoms with E-state index in [2.05, 4.69) is 5.10 Å². The molecule has 1 aromatic carbocycles. The highest BCUT2D eigenvalue weighted by Crippen LogP contribution is 2.36. The minimum Gasteiger partial charge on any atom is -0.483 e. The Kier molecular flexibility index (Phi) is 5.23. The van der Waals surface area contributed by atoms with Gasteiger partial charge in [-0.1, -0.05) is 24.3 Å². The van der Waals surface area contributed by atoms with Crippen molar-refractivity contribution in [1.29, 1.82) is 0 Å². The molecule has 0 radical (unpaired) electrons. The van der Waals surface area contributed by atoms with E-state index in [1.54, 1.807) is 46.9 Å². The Morgan fingerprint density at radius 2 is 1.89 bits per heavy atom. The van der Waals surface area contributed by atoms with Gasteiger partial charge in [-0.15, -0.1) is 22.7 Å². The molecule has 0 saturated heterocycles. The van der Waals surface area contributed by atoms with Crippen LogP contribution in [0.1, 0.15) is 32.6 Å². The van der Waals surface area contributed by atoms with Crippen molar-refractivity contribution in [3.8, 4) is 5.75 Å². The molecule has 1 atom stereocenters. The Hall–Kier alpha value is -2.97. The van der Waals surface area contributed by atoms with Gasteiger partial charge in [0.2, 0.25) is 0 Å². The smallest absolute Gasteiger partial charge is 0.281 e. The van der Waals surface area contributed by atoms with Gasteiger partial charge in [-0.3, -0.25) is 9.59 Å². The summed E-state index contributed by atoms with van der Waals surface area (Å²) in [6.07, 6.45) is 0.657. The lowest BCUT2D eigenvalue weighted by atomic mass is 10.1. The van der Waals surface area contributed by atoms with Gasteiger partial charge in [0, 0.05) is 11.3 Å². The van der Waals surface area contributed by atoms with E-state index < -0.39 is 5.91 Å². The second-order valence-corrected chi connectivity index (χ2v) is 8.07. The van der Waals surface area contributed by atoms with E-state index in [9.17, 15) is 9.59 Å². The van der Waals surface area contributed by atoms with Crippen molar-refractivity contribution >= 4 is 40.2 Å². The van der Waals surface area contributed by atoms with E-state index >= 15 is 0 Å². The summed E-state index contributed by atoms with van der Waals surface area (Å²) in [7, 11) is 0. The molecule has 1 aliphatic rings. The van der Waals surface area contributed by atoms with Crippen LogP contribution in [0.2, 0.25) is 0 Å². The maximum absolute atomic E-state index is 12.9. The molecule has 2 amide bonds. The Balaban J connectivity index is 1.55. The standard InChI is InChI=1S/C20H17N3O3S2/c21-20(25)13-5-1-2-6-16(13)26-12-19(24)23-15(18-8-4-10-28-18)11-14(22-23)17-7-3-9-27-17/h1-10,15H,11-12H2,(H2,21,25)/t15-/m0/s1. The minimum atomic E-state index is -0.598. The van der Waals surface area contributed by atoms with Crippen LogP contribution in [0.15, 0.2) is 64.4 Å². The number of para-hydroxylation sites is 1. The Morgan fingerprint density at radius 1 is 1.11 bits per heavy atom. The molecule has 8 heteroatoms. The summed E-state index contributed by atoms with van der Waals surface area (Å²) in [4.78, 5) is 26.6. The van der Waals surface area contributed by atoms with Crippen LogP contribution in [0.4, 0.5) is 0 Å². The van der Waals surface area contributed by atoms with Gasteiger partial charge in [-0.25, -0.2) is 5.01 Å². The molecule has 142 valence electrons. The molecule has 28 heavy (non-hydrogen) atoms. The molecule has 6 nitrogen and oxygen atoms in total. The first-order valence-corrected chi connectivity index (χ1v) is 10.4. The first-order chi connectivity index (χ1) is 13.6. The molecule has 0 bridgehead atoms. The van der Waals surface area contributed by atoms with Crippen molar-refractivity contribution in [2.75, 3.05) is 6.61 Å². The molecule has 0 unspecified atom stereocenters. The lowest BCUT2D eigenvalue weighted by Gasteiger charge is -2.21. The average Bonchev–Trinajstić information content (AvgIpc) is 3.46. The topological polar surface area (TPSA) is 85.0 Å². The molecule has 3 heterocycles. The molecule has 0 spiro atoms. The van der Waals surface area contributed by atoms with Crippen molar-refractivity contribution in [2.45, 2.75) is 12.5 Å². The Bertz CT molecular complexity index is 1010. The third-order valence-corrected chi connectivity index (χ3v) is 6.24. The average molecular weight is 412 g/mol. The molecule has 0 fully saturated rings. The highest BCUT2D eigenvalue weighted by atomic mass is 32.1. The third-order valence-electron chi connectivity index (χ3n) is 4.35. The number of rotatable bonds is 6. The molecule has 0 saturated carbocycles. The SMILES string of the molecule is NC(=O)c1ccccc1OCC(=O)N1N=C(c2cccs2)C[C@H]1c1cccs1. The number of nitrogens with two attached hydrogens (primary N) is 1. The number of ether oxygens (including phenoxy) is 1. The molecule has 1 aliphatic heterocycles. The van der Waals surface area contributed by atoms with Gasteiger partial charge >= 0.3 is 0 Å². The van der Waals surface area contributed by atoms with Gasteiger partial charge in [-0.05, 0) is 35.0 Å².